The Morgan fingerprint density at radius 2 is 1.56 bits per heavy atom. The van der Waals surface area contributed by atoms with E-state index in [0.29, 0.717) is 17.9 Å². The first-order valence-electron chi connectivity index (χ1n) is 10.0. The first-order valence-corrected chi connectivity index (χ1v) is 10.0. The Labute approximate surface area is 185 Å². The van der Waals surface area contributed by atoms with Crippen molar-refractivity contribution in [3.05, 3.63) is 101 Å². The molecule has 3 aromatic carbocycles. The summed E-state index contributed by atoms with van der Waals surface area (Å²) in [5, 5.41) is 2.60. The Hall–Kier alpha value is -3.74. The molecule has 0 unspecified atom stereocenters. The molecule has 7 heteroatoms. The van der Waals surface area contributed by atoms with Crippen LogP contribution in [0.15, 0.2) is 72.8 Å². The molecule has 0 aromatic heterocycles. The maximum atomic E-state index is 13.4. The molecule has 0 aliphatic carbocycles. The van der Waals surface area contributed by atoms with E-state index in [1.54, 1.807) is 24.3 Å². The van der Waals surface area contributed by atoms with Crippen molar-refractivity contribution in [2.45, 2.75) is 25.5 Å². The molecular weight excluding hydrogens is 416 g/mol. The van der Waals surface area contributed by atoms with Crippen LogP contribution in [0.3, 0.4) is 0 Å². The van der Waals surface area contributed by atoms with Crippen LogP contribution in [-0.2, 0) is 33.8 Å². The quantitative estimate of drug-likeness (QED) is 0.512. The van der Waals surface area contributed by atoms with Gasteiger partial charge in [-0.25, -0.2) is 13.6 Å². The predicted molar refractivity (Wildman–Crippen MR) is 115 cm³/mol. The predicted octanol–water partition coefficient (Wildman–Crippen LogP) is 3.99. The average Bonchev–Trinajstić information content (AvgIpc) is 2.80. The Morgan fingerprint density at radius 1 is 0.875 bits per heavy atom. The van der Waals surface area contributed by atoms with Gasteiger partial charge in [0.25, 0.3) is 0 Å². The van der Waals surface area contributed by atoms with Crippen LogP contribution in [0.5, 0.6) is 5.75 Å². The van der Waals surface area contributed by atoms with E-state index in [1.165, 1.54) is 13.2 Å². The Bertz CT molecular complexity index is 1060. The number of benzene rings is 3. The van der Waals surface area contributed by atoms with E-state index in [0.717, 1.165) is 23.3 Å². The van der Waals surface area contributed by atoms with Gasteiger partial charge in [-0.1, -0.05) is 48.5 Å². The van der Waals surface area contributed by atoms with Gasteiger partial charge in [0.2, 0.25) is 5.91 Å². The highest BCUT2D eigenvalue weighted by molar-refractivity contribution is 5.85. The zero-order chi connectivity index (χ0) is 22.9. The van der Waals surface area contributed by atoms with Crippen molar-refractivity contribution in [1.82, 2.24) is 5.32 Å². The maximum Gasteiger partial charge on any atom is 0.328 e. The summed E-state index contributed by atoms with van der Waals surface area (Å²) in [6.45, 7) is 0.436. The molecule has 1 N–H and O–H groups in total. The van der Waals surface area contributed by atoms with Gasteiger partial charge in [0.05, 0.1) is 13.5 Å². The average molecular weight is 439 g/mol. The molecule has 0 aliphatic heterocycles. The second kappa shape index (κ2) is 11.0. The third-order valence-corrected chi connectivity index (χ3v) is 4.78. The maximum absolute atomic E-state index is 13.4. The lowest BCUT2D eigenvalue weighted by Crippen LogP contribution is -2.43. The van der Waals surface area contributed by atoms with Crippen LogP contribution in [0.2, 0.25) is 0 Å². The minimum atomic E-state index is -1.03. The SMILES string of the molecule is COC(=O)[C@@H](Cc1ccc(OCc2ccccc2)cc1)NC(=O)Cc1ccc(F)c(F)c1. The molecule has 1 amide bonds. The second-order valence-corrected chi connectivity index (χ2v) is 7.19. The second-order valence-electron chi connectivity index (χ2n) is 7.19. The van der Waals surface area contributed by atoms with Gasteiger partial charge in [0.1, 0.15) is 18.4 Å². The van der Waals surface area contributed by atoms with Crippen molar-refractivity contribution in [2.75, 3.05) is 7.11 Å². The van der Waals surface area contributed by atoms with Crippen molar-refractivity contribution >= 4 is 11.9 Å². The van der Waals surface area contributed by atoms with Crippen LogP contribution >= 0.6 is 0 Å². The largest absolute Gasteiger partial charge is 0.489 e. The summed E-state index contributed by atoms with van der Waals surface area (Å²) in [6, 6.07) is 19.2. The van der Waals surface area contributed by atoms with Crippen LogP contribution in [-0.4, -0.2) is 25.0 Å². The summed E-state index contributed by atoms with van der Waals surface area (Å²) in [5.74, 6) is -2.45. The molecule has 0 saturated carbocycles. The molecule has 1 atom stereocenters. The molecule has 0 aliphatic rings. The molecule has 0 radical (unpaired) electrons. The van der Waals surface area contributed by atoms with Crippen molar-refractivity contribution < 1.29 is 27.8 Å². The number of methoxy groups -OCH3 is 1. The van der Waals surface area contributed by atoms with Gasteiger partial charge in [-0.15, -0.1) is 0 Å². The van der Waals surface area contributed by atoms with Crippen molar-refractivity contribution in [1.29, 1.82) is 0 Å². The van der Waals surface area contributed by atoms with Gasteiger partial charge >= 0.3 is 5.97 Å². The van der Waals surface area contributed by atoms with E-state index in [1.807, 2.05) is 30.3 Å². The number of hydrogen-bond donors (Lipinski definition) is 1. The molecule has 0 spiro atoms. The number of amides is 1. The van der Waals surface area contributed by atoms with Crippen LogP contribution in [0, 0.1) is 11.6 Å². The Balaban J connectivity index is 1.59. The molecule has 3 rings (SSSR count). The Kier molecular flexibility index (Phi) is 7.91. The summed E-state index contributed by atoms with van der Waals surface area (Å²) in [6.07, 6.45) is 0.00607. The van der Waals surface area contributed by atoms with Gasteiger partial charge in [0.15, 0.2) is 11.6 Å². The fraction of sp³-hybridized carbons (Fsp3) is 0.200. The highest BCUT2D eigenvalue weighted by Gasteiger charge is 2.22. The standard InChI is InChI=1S/C25H23F2NO4/c1-31-25(30)23(28-24(29)15-19-9-12-21(26)22(27)13-19)14-17-7-10-20(11-8-17)32-16-18-5-3-2-4-6-18/h2-13,23H,14-16H2,1H3,(H,28,29)/t23-/m1/s1. The number of carbonyl (C=O) groups excluding carboxylic acids is 2. The Morgan fingerprint density at radius 3 is 2.22 bits per heavy atom. The highest BCUT2D eigenvalue weighted by Crippen LogP contribution is 2.16. The smallest absolute Gasteiger partial charge is 0.328 e. The molecule has 0 heterocycles. The number of carbonyl (C=O) groups is 2. The fourth-order valence-corrected chi connectivity index (χ4v) is 3.11. The number of rotatable bonds is 9. The fourth-order valence-electron chi connectivity index (χ4n) is 3.11. The van der Waals surface area contributed by atoms with Gasteiger partial charge in [-0.3, -0.25) is 4.79 Å². The normalized spacial score (nSPS) is 11.5. The molecular formula is C25H23F2NO4. The van der Waals surface area contributed by atoms with Gasteiger partial charge < -0.3 is 14.8 Å². The zero-order valence-electron chi connectivity index (χ0n) is 17.5. The van der Waals surface area contributed by atoms with E-state index in [2.05, 4.69) is 5.32 Å². The zero-order valence-corrected chi connectivity index (χ0v) is 17.5. The molecule has 5 nitrogen and oxygen atoms in total. The lowest BCUT2D eigenvalue weighted by Gasteiger charge is -2.17. The van der Waals surface area contributed by atoms with E-state index in [4.69, 9.17) is 9.47 Å². The van der Waals surface area contributed by atoms with Crippen molar-refractivity contribution in [3.63, 3.8) is 0 Å². The summed E-state index contributed by atoms with van der Waals surface area (Å²) in [5.41, 5.74) is 2.14. The number of ether oxygens (including phenoxy) is 2. The van der Waals surface area contributed by atoms with Gasteiger partial charge in [-0.2, -0.15) is 0 Å². The molecule has 3 aromatic rings. The van der Waals surface area contributed by atoms with Crippen LogP contribution in [0.25, 0.3) is 0 Å². The summed E-state index contributed by atoms with van der Waals surface area (Å²) >= 11 is 0. The molecule has 0 bridgehead atoms. The number of halogens is 2. The molecule has 0 saturated heterocycles. The van der Waals surface area contributed by atoms with Crippen LogP contribution in [0.1, 0.15) is 16.7 Å². The summed E-state index contributed by atoms with van der Waals surface area (Å²) < 4.78 is 37.0. The lowest BCUT2D eigenvalue weighted by molar-refractivity contribution is -0.145. The first kappa shape index (κ1) is 22.9. The van der Waals surface area contributed by atoms with E-state index < -0.39 is 29.6 Å². The molecule has 0 fully saturated rings. The minimum Gasteiger partial charge on any atom is -0.489 e. The van der Waals surface area contributed by atoms with Crippen molar-refractivity contribution in [3.8, 4) is 5.75 Å². The van der Waals surface area contributed by atoms with Gasteiger partial charge in [0, 0.05) is 6.42 Å². The number of nitrogens with one attached hydrogen (secondary N) is 1. The van der Waals surface area contributed by atoms with Gasteiger partial charge in [-0.05, 0) is 41.0 Å². The third-order valence-electron chi connectivity index (χ3n) is 4.78. The first-order chi connectivity index (χ1) is 15.4. The number of hydrogen-bond acceptors (Lipinski definition) is 4. The van der Waals surface area contributed by atoms with E-state index in [9.17, 15) is 18.4 Å². The lowest BCUT2D eigenvalue weighted by atomic mass is 10.0. The van der Waals surface area contributed by atoms with Crippen LogP contribution < -0.4 is 10.1 Å². The summed E-state index contributed by atoms with van der Waals surface area (Å²) in [4.78, 5) is 24.5. The monoisotopic (exact) mass is 439 g/mol. The summed E-state index contributed by atoms with van der Waals surface area (Å²) in [7, 11) is 1.23. The number of esters is 1. The van der Waals surface area contributed by atoms with Crippen LogP contribution in [0.4, 0.5) is 8.78 Å². The molecule has 32 heavy (non-hydrogen) atoms. The third kappa shape index (κ3) is 6.63. The van der Waals surface area contributed by atoms with E-state index in [-0.39, 0.29) is 12.8 Å². The minimum absolute atomic E-state index is 0.197. The molecule has 166 valence electrons. The van der Waals surface area contributed by atoms with Crippen molar-refractivity contribution in [2.24, 2.45) is 0 Å². The topological polar surface area (TPSA) is 64.6 Å². The van der Waals surface area contributed by atoms with E-state index >= 15 is 0 Å². The highest BCUT2D eigenvalue weighted by atomic mass is 19.2.